The van der Waals surface area contributed by atoms with E-state index in [4.69, 9.17) is 13.9 Å². The van der Waals surface area contributed by atoms with Gasteiger partial charge >= 0.3 is 5.63 Å². The highest BCUT2D eigenvalue weighted by atomic mass is 16.5. The van der Waals surface area contributed by atoms with Crippen LogP contribution in [-0.4, -0.2) is 67.2 Å². The predicted molar refractivity (Wildman–Crippen MR) is 119 cm³/mol. The summed E-state index contributed by atoms with van der Waals surface area (Å²) in [5, 5.41) is 0.776. The summed E-state index contributed by atoms with van der Waals surface area (Å²) in [6.07, 6.45) is 2.04. The van der Waals surface area contributed by atoms with Crippen molar-refractivity contribution in [3.63, 3.8) is 0 Å². The van der Waals surface area contributed by atoms with Gasteiger partial charge in [-0.2, -0.15) is 0 Å². The molecular weight excluding hydrogens is 396 g/mol. The minimum absolute atomic E-state index is 0.00511. The number of aryl methyl sites for hydroxylation is 2. The van der Waals surface area contributed by atoms with Crippen molar-refractivity contribution in [3.05, 3.63) is 39.7 Å². The third kappa shape index (κ3) is 4.77. The number of carbonyl (C=O) groups excluding carboxylic acids is 1. The first kappa shape index (κ1) is 21.8. The Morgan fingerprint density at radius 1 is 1.16 bits per heavy atom. The molecule has 31 heavy (non-hydrogen) atoms. The van der Waals surface area contributed by atoms with Gasteiger partial charge in [0.15, 0.2) is 6.10 Å². The molecule has 1 amide bonds. The van der Waals surface area contributed by atoms with E-state index in [2.05, 4.69) is 4.90 Å². The standard InChI is InChI=1S/C24H32N2O5/c1-4-18-15-22(27)31-21-14-16(2)13-20(23(18)21)30-17(3)24(28)26-7-5-19(6-8-26)25-9-11-29-12-10-25/h13-15,17,19H,4-12H2,1-3H3. The Labute approximate surface area is 182 Å². The summed E-state index contributed by atoms with van der Waals surface area (Å²) >= 11 is 0. The zero-order chi connectivity index (χ0) is 22.0. The summed E-state index contributed by atoms with van der Waals surface area (Å²) in [6.45, 7) is 10.8. The van der Waals surface area contributed by atoms with Crippen LogP contribution in [0.15, 0.2) is 27.4 Å². The van der Waals surface area contributed by atoms with E-state index in [1.165, 1.54) is 6.07 Å². The van der Waals surface area contributed by atoms with Gasteiger partial charge in [0.05, 0.1) is 18.6 Å². The van der Waals surface area contributed by atoms with E-state index < -0.39 is 6.10 Å². The number of amides is 1. The van der Waals surface area contributed by atoms with Gasteiger partial charge in [-0.1, -0.05) is 6.92 Å². The normalized spacial score (nSPS) is 19.5. The van der Waals surface area contributed by atoms with Crippen molar-refractivity contribution in [1.29, 1.82) is 0 Å². The molecule has 0 radical (unpaired) electrons. The molecule has 0 spiro atoms. The second-order valence-electron chi connectivity index (χ2n) is 8.55. The fourth-order valence-electron chi connectivity index (χ4n) is 4.73. The lowest BCUT2D eigenvalue weighted by atomic mass is 10.0. The number of ether oxygens (including phenoxy) is 2. The summed E-state index contributed by atoms with van der Waals surface area (Å²) in [5.74, 6) is 0.602. The molecule has 0 bridgehead atoms. The van der Waals surface area contributed by atoms with E-state index in [0.717, 1.165) is 68.7 Å². The molecule has 7 nitrogen and oxygen atoms in total. The molecule has 0 aliphatic carbocycles. The van der Waals surface area contributed by atoms with Crippen molar-refractivity contribution in [2.75, 3.05) is 39.4 Å². The first-order valence-electron chi connectivity index (χ1n) is 11.3. The molecule has 2 aliphatic rings. The van der Waals surface area contributed by atoms with Gasteiger partial charge < -0.3 is 18.8 Å². The van der Waals surface area contributed by atoms with E-state index in [9.17, 15) is 9.59 Å². The molecule has 2 aliphatic heterocycles. The van der Waals surface area contributed by atoms with Crippen molar-refractivity contribution < 1.29 is 18.7 Å². The number of likely N-dealkylation sites (tertiary alicyclic amines) is 1. The van der Waals surface area contributed by atoms with E-state index in [-0.39, 0.29) is 11.5 Å². The minimum atomic E-state index is -0.610. The van der Waals surface area contributed by atoms with Gasteiger partial charge in [-0.3, -0.25) is 9.69 Å². The highest BCUT2D eigenvalue weighted by molar-refractivity contribution is 5.88. The van der Waals surface area contributed by atoms with Crippen LogP contribution in [0.25, 0.3) is 11.0 Å². The Balaban J connectivity index is 1.46. The quantitative estimate of drug-likeness (QED) is 0.682. The maximum atomic E-state index is 13.1. The third-order valence-corrected chi connectivity index (χ3v) is 6.40. The molecule has 0 saturated carbocycles. The fraction of sp³-hybridized carbons (Fsp3) is 0.583. The Morgan fingerprint density at radius 3 is 2.55 bits per heavy atom. The van der Waals surface area contributed by atoms with E-state index >= 15 is 0 Å². The Bertz CT molecular complexity index is 987. The monoisotopic (exact) mass is 428 g/mol. The van der Waals surface area contributed by atoms with Crippen LogP contribution >= 0.6 is 0 Å². The van der Waals surface area contributed by atoms with Crippen LogP contribution in [0.3, 0.4) is 0 Å². The predicted octanol–water partition coefficient (Wildman–Crippen LogP) is 2.75. The lowest BCUT2D eigenvalue weighted by Gasteiger charge is -2.40. The van der Waals surface area contributed by atoms with Gasteiger partial charge in [0, 0.05) is 38.3 Å². The molecule has 1 aromatic carbocycles. The summed E-state index contributed by atoms with van der Waals surface area (Å²) in [6, 6.07) is 5.79. The molecule has 3 heterocycles. The number of nitrogens with zero attached hydrogens (tertiary/aromatic N) is 2. The molecule has 4 rings (SSSR count). The number of hydrogen-bond acceptors (Lipinski definition) is 6. The summed E-state index contributed by atoms with van der Waals surface area (Å²) in [4.78, 5) is 29.4. The van der Waals surface area contributed by atoms with Crippen LogP contribution in [0.4, 0.5) is 0 Å². The van der Waals surface area contributed by atoms with Gasteiger partial charge in [0.2, 0.25) is 0 Å². The summed E-state index contributed by atoms with van der Waals surface area (Å²) < 4.78 is 17.0. The molecule has 0 N–H and O–H groups in total. The number of fused-ring (bicyclic) bond motifs is 1. The molecule has 7 heteroatoms. The lowest BCUT2D eigenvalue weighted by molar-refractivity contribution is -0.139. The van der Waals surface area contributed by atoms with Crippen molar-refractivity contribution in [2.45, 2.75) is 52.2 Å². The minimum Gasteiger partial charge on any atom is -0.480 e. The van der Waals surface area contributed by atoms with E-state index in [1.54, 1.807) is 6.92 Å². The number of morpholine rings is 1. The summed E-state index contributed by atoms with van der Waals surface area (Å²) in [5.41, 5.74) is 1.93. The smallest absolute Gasteiger partial charge is 0.336 e. The molecular formula is C24H32N2O5. The second kappa shape index (κ2) is 9.40. The first-order valence-corrected chi connectivity index (χ1v) is 11.3. The highest BCUT2D eigenvalue weighted by Gasteiger charge is 2.30. The largest absolute Gasteiger partial charge is 0.480 e. The Kier molecular flexibility index (Phi) is 6.62. The number of benzene rings is 1. The average molecular weight is 429 g/mol. The zero-order valence-electron chi connectivity index (χ0n) is 18.7. The maximum Gasteiger partial charge on any atom is 0.336 e. The Hall–Kier alpha value is -2.38. The van der Waals surface area contributed by atoms with Crippen LogP contribution in [-0.2, 0) is 16.0 Å². The number of hydrogen-bond donors (Lipinski definition) is 0. The van der Waals surface area contributed by atoms with Gasteiger partial charge in [0.1, 0.15) is 11.3 Å². The molecule has 1 aromatic heterocycles. The van der Waals surface area contributed by atoms with Gasteiger partial charge in [-0.25, -0.2) is 4.79 Å². The van der Waals surface area contributed by atoms with Gasteiger partial charge in [-0.15, -0.1) is 0 Å². The molecule has 2 aromatic rings. The SMILES string of the molecule is CCc1cc(=O)oc2cc(C)cc(OC(C)C(=O)N3CCC(N4CCOCC4)CC3)c12. The van der Waals surface area contributed by atoms with Crippen LogP contribution < -0.4 is 10.4 Å². The van der Waals surface area contributed by atoms with Gasteiger partial charge in [0.25, 0.3) is 5.91 Å². The maximum absolute atomic E-state index is 13.1. The Morgan fingerprint density at radius 2 is 1.87 bits per heavy atom. The topological polar surface area (TPSA) is 72.2 Å². The molecule has 2 fully saturated rings. The number of carbonyl (C=O) groups is 1. The number of piperidine rings is 1. The van der Waals surface area contributed by atoms with Crippen molar-refractivity contribution in [3.8, 4) is 5.75 Å². The second-order valence-corrected chi connectivity index (χ2v) is 8.55. The summed E-state index contributed by atoms with van der Waals surface area (Å²) in [7, 11) is 0. The molecule has 1 atom stereocenters. The van der Waals surface area contributed by atoms with Crippen molar-refractivity contribution in [1.82, 2.24) is 9.80 Å². The molecule has 168 valence electrons. The van der Waals surface area contributed by atoms with E-state index in [0.29, 0.717) is 23.8 Å². The van der Waals surface area contributed by atoms with Crippen LogP contribution in [0.5, 0.6) is 5.75 Å². The fourth-order valence-corrected chi connectivity index (χ4v) is 4.73. The van der Waals surface area contributed by atoms with Gasteiger partial charge in [-0.05, 0) is 56.4 Å². The van der Waals surface area contributed by atoms with Crippen molar-refractivity contribution in [2.24, 2.45) is 0 Å². The molecule has 1 unspecified atom stereocenters. The van der Waals surface area contributed by atoms with Crippen molar-refractivity contribution >= 4 is 16.9 Å². The third-order valence-electron chi connectivity index (χ3n) is 6.40. The highest BCUT2D eigenvalue weighted by Crippen LogP contribution is 2.31. The molecule has 2 saturated heterocycles. The van der Waals surface area contributed by atoms with Crippen LogP contribution in [0.2, 0.25) is 0 Å². The first-order chi connectivity index (χ1) is 15.0. The number of rotatable bonds is 5. The average Bonchev–Trinajstić information content (AvgIpc) is 2.78. The lowest BCUT2D eigenvalue weighted by Crippen LogP contribution is -2.51. The van der Waals surface area contributed by atoms with E-state index in [1.807, 2.05) is 30.9 Å². The van der Waals surface area contributed by atoms with Crippen LogP contribution in [0, 0.1) is 6.92 Å². The zero-order valence-corrected chi connectivity index (χ0v) is 18.7. The van der Waals surface area contributed by atoms with Crippen LogP contribution in [0.1, 0.15) is 37.8 Å².